The molecule has 3 heterocycles. The fourth-order valence-electron chi connectivity index (χ4n) is 11.3. The second-order valence-electron chi connectivity index (χ2n) is 18.5. The number of fused-ring (bicyclic) bond motifs is 12. The molecule has 10 aromatic carbocycles. The van der Waals surface area contributed by atoms with Crippen LogP contribution in [-0.4, -0.2) is 9.13 Å². The fourth-order valence-corrected chi connectivity index (χ4v) is 12.4. The number of rotatable bonds is 5. The van der Waals surface area contributed by atoms with Gasteiger partial charge in [-0.25, -0.2) is 0 Å². The summed E-state index contributed by atoms with van der Waals surface area (Å²) in [4.78, 5) is 0. The summed E-state index contributed by atoms with van der Waals surface area (Å²) in [5, 5.41) is 7.68. The van der Waals surface area contributed by atoms with Crippen molar-refractivity contribution in [1.29, 1.82) is 0 Å². The third-order valence-electron chi connectivity index (χ3n) is 14.5. The van der Waals surface area contributed by atoms with E-state index >= 15 is 0 Å². The molecule has 14 rings (SSSR count). The van der Waals surface area contributed by atoms with Crippen LogP contribution in [0, 0.1) is 0 Å². The zero-order valence-corrected chi connectivity index (χ0v) is 37.4. The molecule has 0 radical (unpaired) electrons. The molecule has 0 unspecified atom stereocenters. The minimum atomic E-state index is -0.121. The highest BCUT2D eigenvalue weighted by Gasteiger charge is 2.36. The zero-order valence-electron chi connectivity index (χ0n) is 36.6. The molecule has 0 amide bonds. The molecule has 2 nitrogen and oxygen atoms in total. The van der Waals surface area contributed by atoms with Crippen LogP contribution in [0.4, 0.5) is 0 Å². The van der Waals surface area contributed by atoms with Gasteiger partial charge in [0.15, 0.2) is 0 Å². The van der Waals surface area contributed by atoms with Gasteiger partial charge in [0, 0.05) is 58.4 Å². The molecule has 310 valence electrons. The largest absolute Gasteiger partial charge is 0.309 e. The Morgan fingerprint density at radius 2 is 0.879 bits per heavy atom. The number of thiophene rings is 1. The molecule has 1 aliphatic carbocycles. The van der Waals surface area contributed by atoms with E-state index in [-0.39, 0.29) is 5.41 Å². The lowest BCUT2D eigenvalue weighted by Gasteiger charge is -2.22. The van der Waals surface area contributed by atoms with Crippen LogP contribution in [0.1, 0.15) is 25.0 Å². The minimum Gasteiger partial charge on any atom is -0.309 e. The van der Waals surface area contributed by atoms with E-state index in [1.165, 1.54) is 131 Å². The average Bonchev–Trinajstić information content (AvgIpc) is 4.08. The van der Waals surface area contributed by atoms with Crippen molar-refractivity contribution in [2.45, 2.75) is 19.3 Å². The predicted molar refractivity (Wildman–Crippen MR) is 282 cm³/mol. The second kappa shape index (κ2) is 14.0. The molecule has 0 saturated carbocycles. The molecule has 0 aliphatic heterocycles. The standard InChI is InChI=1S/C63H42N2S/c1-63(2)54-20-10-6-16-45(54)50-37-52-47-18-8-12-22-57(47)65(60(52)38-55(50)63)58-31-28-42(43-29-32-59-51(35-43)46-17-7-11-21-56(46)64(59)44-14-4-3-5-15-44)34-49(58)40-26-24-39(25-27-40)41-30-33-62-53(36-41)48-19-9-13-23-61(48)66-62/h3-38H,1-2H3. The Labute approximate surface area is 386 Å². The van der Waals surface area contributed by atoms with Gasteiger partial charge in [-0.2, -0.15) is 0 Å². The van der Waals surface area contributed by atoms with Crippen molar-refractivity contribution in [2.75, 3.05) is 0 Å². The van der Waals surface area contributed by atoms with E-state index in [4.69, 9.17) is 0 Å². The molecule has 13 aromatic rings. The Morgan fingerprint density at radius 1 is 0.318 bits per heavy atom. The number of hydrogen-bond acceptors (Lipinski definition) is 1. The summed E-state index contributed by atoms with van der Waals surface area (Å²) in [6, 6.07) is 81.5. The van der Waals surface area contributed by atoms with Crippen molar-refractivity contribution >= 4 is 75.1 Å². The molecule has 66 heavy (non-hydrogen) atoms. The molecular formula is C63H42N2S. The van der Waals surface area contributed by atoms with Crippen LogP contribution < -0.4 is 0 Å². The maximum atomic E-state index is 2.53. The zero-order chi connectivity index (χ0) is 43.7. The summed E-state index contributed by atoms with van der Waals surface area (Å²) in [6.07, 6.45) is 0. The number of hydrogen-bond donors (Lipinski definition) is 0. The number of para-hydroxylation sites is 3. The van der Waals surface area contributed by atoms with Crippen LogP contribution in [0.2, 0.25) is 0 Å². The van der Waals surface area contributed by atoms with Crippen molar-refractivity contribution in [3.05, 3.63) is 230 Å². The first-order chi connectivity index (χ1) is 32.5. The molecule has 0 spiro atoms. The second-order valence-corrected chi connectivity index (χ2v) is 19.6. The molecular weight excluding hydrogens is 817 g/mol. The lowest BCUT2D eigenvalue weighted by molar-refractivity contribution is 0.661. The van der Waals surface area contributed by atoms with E-state index in [0.29, 0.717) is 0 Å². The summed E-state index contributed by atoms with van der Waals surface area (Å²) in [7, 11) is 0. The van der Waals surface area contributed by atoms with Gasteiger partial charge in [-0.3, -0.25) is 0 Å². The molecule has 3 aromatic heterocycles. The topological polar surface area (TPSA) is 9.86 Å². The molecule has 0 fully saturated rings. The average molecular weight is 859 g/mol. The maximum absolute atomic E-state index is 2.53. The van der Waals surface area contributed by atoms with Gasteiger partial charge in [-0.15, -0.1) is 11.3 Å². The van der Waals surface area contributed by atoms with E-state index in [0.717, 1.165) is 0 Å². The van der Waals surface area contributed by atoms with Crippen molar-refractivity contribution in [2.24, 2.45) is 0 Å². The Bertz CT molecular complexity index is 4120. The van der Waals surface area contributed by atoms with Gasteiger partial charge in [0.2, 0.25) is 0 Å². The molecule has 3 heteroatoms. The van der Waals surface area contributed by atoms with Crippen molar-refractivity contribution in [3.8, 4) is 55.9 Å². The lowest BCUT2D eigenvalue weighted by Crippen LogP contribution is -2.15. The number of aromatic nitrogens is 2. The Kier molecular flexibility index (Phi) is 7.94. The van der Waals surface area contributed by atoms with Gasteiger partial charge in [0.05, 0.1) is 27.8 Å². The first-order valence-electron chi connectivity index (χ1n) is 22.9. The Morgan fingerprint density at radius 3 is 1.70 bits per heavy atom. The third kappa shape index (κ3) is 5.41. The van der Waals surface area contributed by atoms with E-state index in [2.05, 4.69) is 241 Å². The maximum Gasteiger partial charge on any atom is 0.0544 e. The summed E-state index contributed by atoms with van der Waals surface area (Å²) in [6.45, 7) is 4.76. The molecule has 1 aliphatic rings. The lowest BCUT2D eigenvalue weighted by atomic mass is 9.82. The first kappa shape index (κ1) is 37.4. The Hall–Kier alpha value is -7.98. The molecule has 0 atom stereocenters. The smallest absolute Gasteiger partial charge is 0.0544 e. The van der Waals surface area contributed by atoms with Gasteiger partial charge >= 0.3 is 0 Å². The molecule has 0 bridgehead atoms. The number of nitrogens with zero attached hydrogens (tertiary/aromatic N) is 2. The summed E-state index contributed by atoms with van der Waals surface area (Å²) in [5.41, 5.74) is 19.7. The van der Waals surface area contributed by atoms with Crippen LogP contribution in [0.5, 0.6) is 0 Å². The van der Waals surface area contributed by atoms with Crippen LogP contribution in [-0.2, 0) is 5.41 Å². The number of benzene rings is 10. The first-order valence-corrected chi connectivity index (χ1v) is 23.7. The van der Waals surface area contributed by atoms with Crippen molar-refractivity contribution in [3.63, 3.8) is 0 Å². The van der Waals surface area contributed by atoms with Gasteiger partial charge < -0.3 is 9.13 Å². The van der Waals surface area contributed by atoms with Gasteiger partial charge in [-0.1, -0.05) is 153 Å². The summed E-state index contributed by atoms with van der Waals surface area (Å²) < 4.78 is 7.58. The van der Waals surface area contributed by atoms with Gasteiger partial charge in [0.25, 0.3) is 0 Å². The SMILES string of the molecule is CC1(C)c2ccccc2-c2cc3c4ccccc4n(-c4ccc(-c5ccc6c(c5)c5ccccc5n6-c5ccccc5)cc4-c4ccc(-c5ccc6sc7ccccc7c6c5)cc4)c3cc21. The fraction of sp³-hybridized carbons (Fsp3) is 0.0476. The monoisotopic (exact) mass is 858 g/mol. The summed E-state index contributed by atoms with van der Waals surface area (Å²) in [5.74, 6) is 0. The minimum absolute atomic E-state index is 0.121. The van der Waals surface area contributed by atoms with E-state index in [1.54, 1.807) is 0 Å². The van der Waals surface area contributed by atoms with E-state index in [1.807, 2.05) is 11.3 Å². The summed E-state index contributed by atoms with van der Waals surface area (Å²) >= 11 is 1.87. The normalized spacial score (nSPS) is 13.1. The Balaban J connectivity index is 0.981. The quantitative estimate of drug-likeness (QED) is 0.163. The van der Waals surface area contributed by atoms with Gasteiger partial charge in [0.1, 0.15) is 0 Å². The van der Waals surface area contributed by atoms with Crippen LogP contribution in [0.15, 0.2) is 218 Å². The highest BCUT2D eigenvalue weighted by atomic mass is 32.1. The van der Waals surface area contributed by atoms with Crippen LogP contribution in [0.3, 0.4) is 0 Å². The highest BCUT2D eigenvalue weighted by Crippen LogP contribution is 2.51. The van der Waals surface area contributed by atoms with E-state index in [9.17, 15) is 0 Å². The molecule has 0 N–H and O–H groups in total. The van der Waals surface area contributed by atoms with Crippen LogP contribution in [0.25, 0.3) is 120 Å². The third-order valence-corrected chi connectivity index (χ3v) is 15.7. The van der Waals surface area contributed by atoms with E-state index < -0.39 is 0 Å². The van der Waals surface area contributed by atoms with Crippen molar-refractivity contribution in [1.82, 2.24) is 9.13 Å². The van der Waals surface area contributed by atoms with Crippen LogP contribution >= 0.6 is 11.3 Å². The molecule has 0 saturated heterocycles. The predicted octanol–water partition coefficient (Wildman–Crippen LogP) is 17.6. The highest BCUT2D eigenvalue weighted by molar-refractivity contribution is 7.25. The van der Waals surface area contributed by atoms with Gasteiger partial charge in [-0.05, 0) is 129 Å². The van der Waals surface area contributed by atoms with Crippen molar-refractivity contribution < 1.29 is 0 Å².